The molecule has 1 amide bonds. The predicted molar refractivity (Wildman–Crippen MR) is 296 cm³/mol. The zero-order chi connectivity index (χ0) is 49.3. The lowest BCUT2D eigenvalue weighted by atomic mass is 10.0. The second-order valence-corrected chi connectivity index (χ2v) is 20.7. The zero-order valence-corrected chi connectivity index (χ0v) is 45.6. The molecule has 6 nitrogen and oxygen atoms in total. The average molecular weight is 957 g/mol. The first kappa shape index (κ1) is 66.1. The maximum atomic E-state index is 12.5. The van der Waals surface area contributed by atoms with Gasteiger partial charge in [-0.15, -0.1) is 0 Å². The van der Waals surface area contributed by atoms with E-state index in [0.717, 1.165) is 51.4 Å². The fourth-order valence-corrected chi connectivity index (χ4v) is 9.21. The number of unbranched alkanes of at least 4 members (excludes halogenated alkanes) is 41. The van der Waals surface area contributed by atoms with E-state index >= 15 is 0 Å². The van der Waals surface area contributed by atoms with Crippen molar-refractivity contribution in [2.24, 2.45) is 0 Å². The van der Waals surface area contributed by atoms with Gasteiger partial charge in [-0.1, -0.05) is 262 Å². The Hall–Kier alpha value is -1.92. The number of nitrogens with one attached hydrogen (secondary N) is 1. The van der Waals surface area contributed by atoms with Crippen molar-refractivity contribution in [1.82, 2.24) is 5.32 Å². The smallest absolute Gasteiger partial charge is 0.305 e. The van der Waals surface area contributed by atoms with Gasteiger partial charge in [-0.25, -0.2) is 0 Å². The van der Waals surface area contributed by atoms with Crippen LogP contribution < -0.4 is 5.32 Å². The van der Waals surface area contributed by atoms with E-state index in [1.54, 1.807) is 6.08 Å². The first-order valence-corrected chi connectivity index (χ1v) is 30.3. The second kappa shape index (κ2) is 57.7. The summed E-state index contributed by atoms with van der Waals surface area (Å²) in [5.74, 6) is -0.0768. The van der Waals surface area contributed by atoms with E-state index in [-0.39, 0.29) is 18.5 Å². The van der Waals surface area contributed by atoms with Gasteiger partial charge in [0, 0.05) is 12.8 Å². The minimum atomic E-state index is -0.850. The molecule has 0 aromatic rings. The van der Waals surface area contributed by atoms with Crippen molar-refractivity contribution < 1.29 is 24.5 Å². The monoisotopic (exact) mass is 956 g/mol. The van der Waals surface area contributed by atoms with Gasteiger partial charge in [0.1, 0.15) is 0 Å². The summed E-state index contributed by atoms with van der Waals surface area (Å²) in [5, 5.41) is 23.2. The van der Waals surface area contributed by atoms with E-state index in [4.69, 9.17) is 4.74 Å². The Morgan fingerprint density at radius 3 is 1.07 bits per heavy atom. The first-order valence-electron chi connectivity index (χ1n) is 30.3. The predicted octanol–water partition coefficient (Wildman–Crippen LogP) is 18.8. The topological polar surface area (TPSA) is 95.9 Å². The molecule has 6 heteroatoms. The molecule has 0 aliphatic carbocycles. The van der Waals surface area contributed by atoms with Crippen molar-refractivity contribution in [3.8, 4) is 0 Å². The van der Waals surface area contributed by atoms with Crippen molar-refractivity contribution in [2.75, 3.05) is 13.2 Å². The number of esters is 1. The number of aliphatic hydroxyl groups is 2. The quantitative estimate of drug-likeness (QED) is 0.0321. The van der Waals surface area contributed by atoms with Crippen molar-refractivity contribution in [1.29, 1.82) is 0 Å². The number of rotatable bonds is 56. The highest BCUT2D eigenvalue weighted by atomic mass is 16.5. The van der Waals surface area contributed by atoms with Crippen LogP contribution in [0.3, 0.4) is 0 Å². The van der Waals surface area contributed by atoms with E-state index in [0.29, 0.717) is 19.4 Å². The number of aliphatic hydroxyl groups excluding tert-OH is 2. The summed E-state index contributed by atoms with van der Waals surface area (Å²) >= 11 is 0. The van der Waals surface area contributed by atoms with Gasteiger partial charge in [-0.05, 0) is 83.5 Å². The Balaban J connectivity index is 3.47. The number of carbonyl (C=O) groups excluding carboxylic acids is 2. The minimum Gasteiger partial charge on any atom is -0.466 e. The van der Waals surface area contributed by atoms with Gasteiger partial charge in [0.25, 0.3) is 0 Å². The van der Waals surface area contributed by atoms with E-state index in [1.807, 2.05) is 6.08 Å². The summed E-state index contributed by atoms with van der Waals surface area (Å²) in [5.41, 5.74) is 0. The number of allylic oxidation sites excluding steroid dienone is 5. The number of carbonyl (C=O) groups is 2. The second-order valence-electron chi connectivity index (χ2n) is 20.7. The molecule has 400 valence electrons. The van der Waals surface area contributed by atoms with Crippen LogP contribution in [0.4, 0.5) is 0 Å². The SMILES string of the molecule is CCCCC/C=C\CCCCCCCC(=O)OCCCCCCCCCCCC/C=C\CCCCCCCCCC(=O)NC(CO)C(O)/C=C/CCCCCCCCCCCCCCCCCC. The van der Waals surface area contributed by atoms with Crippen LogP contribution in [-0.4, -0.2) is 47.4 Å². The molecule has 0 aromatic carbocycles. The molecule has 2 atom stereocenters. The highest BCUT2D eigenvalue weighted by Gasteiger charge is 2.18. The summed E-state index contributed by atoms with van der Waals surface area (Å²) < 4.78 is 5.46. The summed E-state index contributed by atoms with van der Waals surface area (Å²) in [4.78, 5) is 24.5. The lowest BCUT2D eigenvalue weighted by Gasteiger charge is -2.20. The van der Waals surface area contributed by atoms with E-state index in [2.05, 4.69) is 43.5 Å². The van der Waals surface area contributed by atoms with Crippen LogP contribution in [0.25, 0.3) is 0 Å². The Bertz CT molecular complexity index is 1100. The summed E-state index contributed by atoms with van der Waals surface area (Å²) in [6.07, 6.45) is 71.7. The molecular weight excluding hydrogens is 839 g/mol. The van der Waals surface area contributed by atoms with Crippen LogP contribution in [0.2, 0.25) is 0 Å². The zero-order valence-electron chi connectivity index (χ0n) is 45.6. The maximum Gasteiger partial charge on any atom is 0.305 e. The standard InChI is InChI=1S/C62H117NO5/c1-3-5-7-9-11-13-15-17-18-19-25-28-31-34-38-42-46-50-54-60(65)59(58-64)63-61(66)55-51-47-43-39-35-32-29-26-23-21-20-22-24-27-30-33-37-41-45-49-53-57-68-62(67)56-52-48-44-40-36-16-14-12-10-8-6-4-2/h12,14,21,23,50,54,59-60,64-65H,3-11,13,15-20,22,24-49,51-53,55-58H2,1-2H3,(H,63,66)/b14-12-,23-21-,54-50+. The summed E-state index contributed by atoms with van der Waals surface area (Å²) in [6.45, 7) is 4.88. The van der Waals surface area contributed by atoms with Gasteiger partial charge in [-0.3, -0.25) is 9.59 Å². The number of ether oxygens (including phenoxy) is 1. The number of amides is 1. The largest absolute Gasteiger partial charge is 0.466 e. The van der Waals surface area contributed by atoms with Crippen LogP contribution in [0.1, 0.15) is 322 Å². The Morgan fingerprint density at radius 1 is 0.397 bits per heavy atom. The Labute approximate surface area is 424 Å². The molecule has 2 unspecified atom stereocenters. The van der Waals surface area contributed by atoms with Crippen molar-refractivity contribution in [3.05, 3.63) is 36.5 Å². The Kier molecular flexibility index (Phi) is 56.0. The maximum absolute atomic E-state index is 12.5. The van der Waals surface area contributed by atoms with Gasteiger partial charge in [0.15, 0.2) is 0 Å². The van der Waals surface area contributed by atoms with Crippen molar-refractivity contribution >= 4 is 11.9 Å². The van der Waals surface area contributed by atoms with Gasteiger partial charge in [0.2, 0.25) is 5.91 Å². The minimum absolute atomic E-state index is 0.00261. The molecule has 0 bridgehead atoms. The average Bonchev–Trinajstić information content (AvgIpc) is 3.34. The van der Waals surface area contributed by atoms with Crippen LogP contribution in [0.5, 0.6) is 0 Å². The third kappa shape index (κ3) is 53.4. The van der Waals surface area contributed by atoms with Crippen LogP contribution >= 0.6 is 0 Å². The molecule has 0 heterocycles. The molecular formula is C62H117NO5. The molecule has 0 radical (unpaired) electrons. The number of hydrogen-bond donors (Lipinski definition) is 3. The van der Waals surface area contributed by atoms with Crippen LogP contribution in [-0.2, 0) is 14.3 Å². The highest BCUT2D eigenvalue weighted by molar-refractivity contribution is 5.76. The molecule has 68 heavy (non-hydrogen) atoms. The molecule has 0 rings (SSSR count). The third-order valence-corrected chi connectivity index (χ3v) is 13.9. The van der Waals surface area contributed by atoms with Gasteiger partial charge < -0.3 is 20.3 Å². The van der Waals surface area contributed by atoms with Crippen LogP contribution in [0, 0.1) is 0 Å². The number of hydrogen-bond acceptors (Lipinski definition) is 5. The molecule has 0 aliphatic rings. The molecule has 3 N–H and O–H groups in total. The summed E-state index contributed by atoms with van der Waals surface area (Å²) in [6, 6.07) is -0.634. The summed E-state index contributed by atoms with van der Waals surface area (Å²) in [7, 11) is 0. The highest BCUT2D eigenvalue weighted by Crippen LogP contribution is 2.17. The normalized spacial score (nSPS) is 12.8. The van der Waals surface area contributed by atoms with Crippen molar-refractivity contribution in [3.63, 3.8) is 0 Å². The fourth-order valence-electron chi connectivity index (χ4n) is 9.21. The lowest BCUT2D eigenvalue weighted by Crippen LogP contribution is -2.45. The fraction of sp³-hybridized carbons (Fsp3) is 0.871. The molecule has 0 spiro atoms. The van der Waals surface area contributed by atoms with E-state index in [9.17, 15) is 19.8 Å². The van der Waals surface area contributed by atoms with E-state index < -0.39 is 12.1 Å². The molecule has 0 fully saturated rings. The van der Waals surface area contributed by atoms with Gasteiger partial charge in [-0.2, -0.15) is 0 Å². The first-order chi connectivity index (χ1) is 33.5. The van der Waals surface area contributed by atoms with Crippen molar-refractivity contribution in [2.45, 2.75) is 334 Å². The molecule has 0 saturated heterocycles. The van der Waals surface area contributed by atoms with Gasteiger partial charge >= 0.3 is 5.97 Å². The molecule has 0 saturated carbocycles. The molecule has 0 aromatic heterocycles. The van der Waals surface area contributed by atoms with Gasteiger partial charge in [0.05, 0.1) is 25.4 Å². The Morgan fingerprint density at radius 2 is 0.691 bits per heavy atom. The van der Waals surface area contributed by atoms with Crippen LogP contribution in [0.15, 0.2) is 36.5 Å². The lowest BCUT2D eigenvalue weighted by molar-refractivity contribution is -0.143. The van der Waals surface area contributed by atoms with E-state index in [1.165, 1.54) is 244 Å². The third-order valence-electron chi connectivity index (χ3n) is 13.9. The molecule has 0 aliphatic heterocycles.